The molecule has 5 heteroatoms. The molecule has 2 heterocycles. The Kier molecular flexibility index (Phi) is 4.86. The molecule has 1 fully saturated rings. The van der Waals surface area contributed by atoms with Gasteiger partial charge in [0.2, 0.25) is 0 Å². The van der Waals surface area contributed by atoms with Crippen LogP contribution in [0, 0.1) is 6.92 Å². The van der Waals surface area contributed by atoms with Crippen molar-refractivity contribution in [1.82, 2.24) is 14.7 Å². The van der Waals surface area contributed by atoms with E-state index in [1.807, 2.05) is 42.2 Å². The molecule has 0 unspecified atom stereocenters. The Morgan fingerprint density at radius 2 is 1.78 bits per heavy atom. The van der Waals surface area contributed by atoms with Crippen molar-refractivity contribution in [3.8, 4) is 11.5 Å². The normalized spacial score (nSPS) is 16.5. The minimum atomic E-state index is 0.301. The van der Waals surface area contributed by atoms with Gasteiger partial charge >= 0.3 is 0 Å². The van der Waals surface area contributed by atoms with E-state index >= 15 is 0 Å². The number of aromatic nitrogens is 2. The molecule has 0 amide bonds. The number of likely N-dealkylation sites (tertiary alicyclic amines) is 1. The highest BCUT2D eigenvalue weighted by Gasteiger charge is 2.21. The highest BCUT2D eigenvalue weighted by Crippen LogP contribution is 2.22. The zero-order chi connectivity index (χ0) is 16.2. The molecular weight excluding hydrogens is 290 g/mol. The zero-order valence-electron chi connectivity index (χ0n) is 14.2. The fraction of sp³-hybridized carbons (Fsp3) is 0.500. The van der Waals surface area contributed by atoms with Crippen molar-refractivity contribution in [2.24, 2.45) is 7.05 Å². The van der Waals surface area contributed by atoms with E-state index in [-0.39, 0.29) is 0 Å². The second-order valence-corrected chi connectivity index (χ2v) is 6.15. The summed E-state index contributed by atoms with van der Waals surface area (Å²) in [7, 11) is 3.67. The lowest BCUT2D eigenvalue weighted by molar-refractivity contribution is 0.0966. The lowest BCUT2D eigenvalue weighted by Gasteiger charge is -2.32. The zero-order valence-corrected chi connectivity index (χ0v) is 14.2. The summed E-state index contributed by atoms with van der Waals surface area (Å²) >= 11 is 0. The van der Waals surface area contributed by atoms with Gasteiger partial charge in [0.25, 0.3) is 0 Å². The van der Waals surface area contributed by atoms with E-state index in [1.54, 1.807) is 7.11 Å². The summed E-state index contributed by atoms with van der Waals surface area (Å²) in [6.45, 7) is 5.24. The Bertz CT molecular complexity index is 628. The maximum atomic E-state index is 6.08. The highest BCUT2D eigenvalue weighted by atomic mass is 16.5. The summed E-state index contributed by atoms with van der Waals surface area (Å²) in [5.74, 6) is 1.78. The molecule has 23 heavy (non-hydrogen) atoms. The topological polar surface area (TPSA) is 39.5 Å². The first-order valence-electron chi connectivity index (χ1n) is 8.16. The summed E-state index contributed by atoms with van der Waals surface area (Å²) in [5.41, 5.74) is 2.57. The van der Waals surface area contributed by atoms with Crippen molar-refractivity contribution in [3.05, 3.63) is 41.7 Å². The molecule has 2 aromatic rings. The van der Waals surface area contributed by atoms with Gasteiger partial charge in [0.05, 0.1) is 13.3 Å². The van der Waals surface area contributed by atoms with Crippen LogP contribution in [0.2, 0.25) is 0 Å². The maximum Gasteiger partial charge on any atom is 0.119 e. The Hall–Kier alpha value is -2.01. The summed E-state index contributed by atoms with van der Waals surface area (Å²) in [5, 5.41) is 4.32. The third-order valence-electron chi connectivity index (χ3n) is 4.63. The van der Waals surface area contributed by atoms with E-state index in [9.17, 15) is 0 Å². The van der Waals surface area contributed by atoms with Gasteiger partial charge in [-0.25, -0.2) is 0 Å². The smallest absolute Gasteiger partial charge is 0.119 e. The third-order valence-corrected chi connectivity index (χ3v) is 4.63. The molecule has 5 nitrogen and oxygen atoms in total. The molecule has 1 aliphatic heterocycles. The van der Waals surface area contributed by atoms with Crippen LogP contribution in [0.4, 0.5) is 0 Å². The number of benzene rings is 1. The van der Waals surface area contributed by atoms with E-state index in [2.05, 4.69) is 16.9 Å². The molecule has 3 rings (SSSR count). The van der Waals surface area contributed by atoms with Crippen molar-refractivity contribution in [1.29, 1.82) is 0 Å². The summed E-state index contributed by atoms with van der Waals surface area (Å²) in [6, 6.07) is 7.83. The van der Waals surface area contributed by atoms with Gasteiger partial charge in [0.1, 0.15) is 17.6 Å². The molecule has 124 valence electrons. The van der Waals surface area contributed by atoms with Crippen LogP contribution in [0.25, 0.3) is 0 Å². The highest BCUT2D eigenvalue weighted by molar-refractivity contribution is 5.31. The lowest BCUT2D eigenvalue weighted by Crippen LogP contribution is -2.37. The minimum absolute atomic E-state index is 0.301. The maximum absolute atomic E-state index is 6.08. The van der Waals surface area contributed by atoms with Crippen LogP contribution < -0.4 is 9.47 Å². The molecule has 0 radical (unpaired) electrons. The number of piperidine rings is 1. The van der Waals surface area contributed by atoms with E-state index in [1.165, 1.54) is 11.3 Å². The van der Waals surface area contributed by atoms with Gasteiger partial charge in [-0.15, -0.1) is 0 Å². The van der Waals surface area contributed by atoms with Gasteiger partial charge in [0, 0.05) is 37.9 Å². The average Bonchev–Trinajstić information content (AvgIpc) is 2.89. The predicted octanol–water partition coefficient (Wildman–Crippen LogP) is 2.78. The van der Waals surface area contributed by atoms with Crippen LogP contribution in [0.3, 0.4) is 0 Å². The fourth-order valence-electron chi connectivity index (χ4n) is 2.97. The second kappa shape index (κ2) is 7.04. The molecule has 1 aromatic carbocycles. The van der Waals surface area contributed by atoms with Gasteiger partial charge in [-0.05, 0) is 44.0 Å². The van der Waals surface area contributed by atoms with Crippen LogP contribution in [-0.4, -0.2) is 41.0 Å². The monoisotopic (exact) mass is 315 g/mol. The first-order valence-corrected chi connectivity index (χ1v) is 8.16. The second-order valence-electron chi connectivity index (χ2n) is 6.15. The standard InChI is InChI=1S/C18H25N3O2/c1-14-15(12-19-20(14)2)13-21-10-8-18(9-11-21)23-17-6-4-16(22-3)5-7-17/h4-7,12,18H,8-11,13H2,1-3H3. The molecule has 1 aromatic heterocycles. The number of nitrogens with zero attached hydrogens (tertiary/aromatic N) is 3. The van der Waals surface area contributed by atoms with E-state index in [0.717, 1.165) is 44.0 Å². The molecule has 0 bridgehead atoms. The van der Waals surface area contributed by atoms with Gasteiger partial charge < -0.3 is 9.47 Å². The quantitative estimate of drug-likeness (QED) is 0.850. The number of hydrogen-bond donors (Lipinski definition) is 0. The molecule has 1 aliphatic rings. The number of hydrogen-bond acceptors (Lipinski definition) is 4. The molecule has 0 N–H and O–H groups in total. The van der Waals surface area contributed by atoms with Crippen molar-refractivity contribution < 1.29 is 9.47 Å². The van der Waals surface area contributed by atoms with E-state index < -0.39 is 0 Å². The summed E-state index contributed by atoms with van der Waals surface area (Å²) in [6.07, 6.45) is 4.40. The van der Waals surface area contributed by atoms with Crippen LogP contribution in [0.5, 0.6) is 11.5 Å². The predicted molar refractivity (Wildman–Crippen MR) is 89.9 cm³/mol. The average molecular weight is 315 g/mol. The molecular formula is C18H25N3O2. The van der Waals surface area contributed by atoms with Gasteiger partial charge in [-0.1, -0.05) is 0 Å². The van der Waals surface area contributed by atoms with E-state index in [4.69, 9.17) is 9.47 Å². The lowest BCUT2D eigenvalue weighted by atomic mass is 10.1. The van der Waals surface area contributed by atoms with Crippen molar-refractivity contribution in [2.45, 2.75) is 32.4 Å². The van der Waals surface area contributed by atoms with Gasteiger partial charge in [-0.3, -0.25) is 9.58 Å². The Morgan fingerprint density at radius 1 is 1.13 bits per heavy atom. The Balaban J connectivity index is 1.49. The fourth-order valence-corrected chi connectivity index (χ4v) is 2.97. The molecule has 0 spiro atoms. The summed E-state index contributed by atoms with van der Waals surface area (Å²) in [4.78, 5) is 2.48. The van der Waals surface area contributed by atoms with Gasteiger partial charge in [-0.2, -0.15) is 5.10 Å². The van der Waals surface area contributed by atoms with Crippen LogP contribution >= 0.6 is 0 Å². The first-order chi connectivity index (χ1) is 11.2. The number of ether oxygens (including phenoxy) is 2. The van der Waals surface area contributed by atoms with Crippen molar-refractivity contribution >= 4 is 0 Å². The minimum Gasteiger partial charge on any atom is -0.497 e. The molecule has 0 aliphatic carbocycles. The van der Waals surface area contributed by atoms with Crippen LogP contribution in [0.1, 0.15) is 24.1 Å². The summed E-state index contributed by atoms with van der Waals surface area (Å²) < 4.78 is 13.2. The SMILES string of the molecule is COc1ccc(OC2CCN(Cc3cnn(C)c3C)CC2)cc1. The van der Waals surface area contributed by atoms with E-state index in [0.29, 0.717) is 6.10 Å². The van der Waals surface area contributed by atoms with Crippen molar-refractivity contribution in [2.75, 3.05) is 20.2 Å². The third kappa shape index (κ3) is 3.85. The Labute approximate surface area is 137 Å². The molecule has 0 saturated carbocycles. The number of aryl methyl sites for hydroxylation is 1. The first kappa shape index (κ1) is 15.9. The van der Waals surface area contributed by atoms with Gasteiger partial charge in [0.15, 0.2) is 0 Å². The molecule has 0 atom stereocenters. The Morgan fingerprint density at radius 3 is 2.35 bits per heavy atom. The number of rotatable bonds is 5. The largest absolute Gasteiger partial charge is 0.497 e. The molecule has 1 saturated heterocycles. The van der Waals surface area contributed by atoms with Crippen LogP contribution in [0.15, 0.2) is 30.5 Å². The van der Waals surface area contributed by atoms with Crippen molar-refractivity contribution in [3.63, 3.8) is 0 Å². The van der Waals surface area contributed by atoms with Crippen LogP contribution in [-0.2, 0) is 13.6 Å². The number of methoxy groups -OCH3 is 1.